The molecule has 7 nitrogen and oxygen atoms in total. The number of hydrogen-bond donors (Lipinski definition) is 1. The second kappa shape index (κ2) is 3.98. The summed E-state index contributed by atoms with van der Waals surface area (Å²) in [5.41, 5.74) is 0.532. The lowest BCUT2D eigenvalue weighted by Gasteiger charge is -2.15. The lowest BCUT2D eigenvalue weighted by molar-refractivity contribution is -0.117. The van der Waals surface area contributed by atoms with Crippen LogP contribution in [0.15, 0.2) is 18.6 Å². The van der Waals surface area contributed by atoms with E-state index in [0.29, 0.717) is 16.9 Å². The third-order valence-corrected chi connectivity index (χ3v) is 4.19. The van der Waals surface area contributed by atoms with E-state index < -0.39 is 21.4 Å². The molecule has 1 aliphatic rings. The summed E-state index contributed by atoms with van der Waals surface area (Å²) in [5.74, 6) is -0.171. The number of rotatable bonds is 2. The zero-order valence-corrected chi connectivity index (χ0v) is 10.4. The fraction of sp³-hybridized carbons (Fsp3) is 0.300. The Hall–Kier alpha value is -2.03. The summed E-state index contributed by atoms with van der Waals surface area (Å²) in [6.07, 6.45) is 2.53. The van der Waals surface area contributed by atoms with Gasteiger partial charge >= 0.3 is 10.2 Å². The predicted molar refractivity (Wildman–Crippen MR) is 64.7 cm³/mol. The Kier molecular flexibility index (Phi) is 2.52. The van der Waals surface area contributed by atoms with E-state index in [-0.39, 0.29) is 13.0 Å². The molecule has 1 saturated heterocycles. The van der Waals surface area contributed by atoms with Gasteiger partial charge in [-0.2, -0.15) is 8.42 Å². The maximum absolute atomic E-state index is 13.0. The highest BCUT2D eigenvalue weighted by Crippen LogP contribution is 2.28. The largest absolute Gasteiger partial charge is 0.346 e. The van der Waals surface area contributed by atoms with Gasteiger partial charge in [0, 0.05) is 19.2 Å². The summed E-state index contributed by atoms with van der Waals surface area (Å²) >= 11 is 0. The Labute approximate surface area is 107 Å². The van der Waals surface area contributed by atoms with Gasteiger partial charge in [-0.1, -0.05) is 0 Å². The maximum atomic E-state index is 13.0. The van der Waals surface area contributed by atoms with Crippen molar-refractivity contribution >= 4 is 33.0 Å². The molecule has 1 N–H and O–H groups in total. The van der Waals surface area contributed by atoms with Gasteiger partial charge < -0.3 is 4.98 Å². The van der Waals surface area contributed by atoms with Gasteiger partial charge in [-0.3, -0.25) is 9.69 Å². The Bertz CT molecular complexity index is 757. The molecule has 0 spiro atoms. The van der Waals surface area contributed by atoms with Gasteiger partial charge in [0.05, 0.1) is 5.39 Å². The lowest BCUT2D eigenvalue weighted by Crippen LogP contribution is -2.27. The number of anilines is 1. The molecule has 0 radical (unpaired) electrons. The number of halogens is 1. The van der Waals surface area contributed by atoms with Crippen LogP contribution in [0, 0.1) is 0 Å². The van der Waals surface area contributed by atoms with E-state index in [9.17, 15) is 17.1 Å². The first-order valence-corrected chi connectivity index (χ1v) is 6.93. The van der Waals surface area contributed by atoms with Crippen molar-refractivity contribution in [2.45, 2.75) is 11.7 Å². The predicted octanol–water partition coefficient (Wildman–Crippen LogP) is 0.362. The Morgan fingerprint density at radius 2 is 2.21 bits per heavy atom. The molecule has 0 bridgehead atoms. The van der Waals surface area contributed by atoms with Gasteiger partial charge in [-0.05, 0) is 6.07 Å². The number of hydrogen-bond acceptors (Lipinski definition) is 5. The molecule has 0 saturated carbocycles. The number of fused-ring (bicyclic) bond motifs is 1. The molecule has 1 aliphatic heterocycles. The van der Waals surface area contributed by atoms with Crippen molar-refractivity contribution in [3.05, 3.63) is 18.6 Å². The van der Waals surface area contributed by atoms with Crippen molar-refractivity contribution in [1.82, 2.24) is 15.0 Å². The minimum Gasteiger partial charge on any atom is -0.346 e. The Morgan fingerprint density at radius 3 is 2.89 bits per heavy atom. The Balaban J connectivity index is 2.04. The van der Waals surface area contributed by atoms with E-state index >= 15 is 0 Å². The smallest absolute Gasteiger partial charge is 0.307 e. The fourth-order valence-electron chi connectivity index (χ4n) is 2.14. The van der Waals surface area contributed by atoms with Crippen LogP contribution in [0.2, 0.25) is 0 Å². The molecular formula is C10H9FN4O3S. The summed E-state index contributed by atoms with van der Waals surface area (Å²) in [4.78, 5) is 23.8. The van der Waals surface area contributed by atoms with Crippen molar-refractivity contribution in [3.63, 3.8) is 0 Å². The molecule has 1 unspecified atom stereocenters. The third-order valence-electron chi connectivity index (χ3n) is 3.08. The standard InChI is InChI=1S/C10H9FN4O3S/c11-19(17,18)6-3-8(16)15(4-6)10-7-1-2-12-9(7)13-5-14-10/h1-2,5-6H,3-4H2,(H,12,13,14). The number of amides is 1. The highest BCUT2D eigenvalue weighted by atomic mass is 32.3. The van der Waals surface area contributed by atoms with E-state index in [4.69, 9.17) is 0 Å². The second-order valence-corrected chi connectivity index (χ2v) is 5.86. The third kappa shape index (κ3) is 1.95. The van der Waals surface area contributed by atoms with Crippen LogP contribution in [0.25, 0.3) is 11.0 Å². The van der Waals surface area contributed by atoms with Gasteiger partial charge in [0.25, 0.3) is 0 Å². The van der Waals surface area contributed by atoms with Crippen LogP contribution in [0.1, 0.15) is 6.42 Å². The minimum atomic E-state index is -4.73. The van der Waals surface area contributed by atoms with Crippen LogP contribution in [0.5, 0.6) is 0 Å². The first-order chi connectivity index (χ1) is 8.97. The monoisotopic (exact) mass is 284 g/mol. The summed E-state index contributed by atoms with van der Waals surface area (Å²) in [6.45, 7) is -0.227. The number of H-pyrrole nitrogens is 1. The maximum Gasteiger partial charge on any atom is 0.307 e. The fourth-order valence-corrected chi connectivity index (χ4v) is 2.81. The number of nitrogens with zero attached hydrogens (tertiary/aromatic N) is 3. The summed E-state index contributed by atoms with van der Waals surface area (Å²) in [5, 5.41) is -0.739. The molecule has 9 heteroatoms. The number of nitrogens with one attached hydrogen (secondary N) is 1. The van der Waals surface area contributed by atoms with Crippen LogP contribution in [-0.4, -0.2) is 41.1 Å². The van der Waals surface area contributed by atoms with Crippen LogP contribution in [0.3, 0.4) is 0 Å². The molecule has 2 aromatic heterocycles. The quantitative estimate of drug-likeness (QED) is 0.803. The van der Waals surface area contributed by atoms with E-state index in [2.05, 4.69) is 15.0 Å². The van der Waals surface area contributed by atoms with Crippen molar-refractivity contribution in [2.75, 3.05) is 11.4 Å². The topological polar surface area (TPSA) is 96.0 Å². The van der Waals surface area contributed by atoms with Gasteiger partial charge in [0.1, 0.15) is 23.0 Å². The van der Waals surface area contributed by atoms with Gasteiger partial charge in [-0.25, -0.2) is 9.97 Å². The number of carbonyl (C=O) groups is 1. The van der Waals surface area contributed by atoms with E-state index in [0.717, 1.165) is 0 Å². The first-order valence-electron chi connectivity index (χ1n) is 5.49. The van der Waals surface area contributed by atoms with E-state index in [1.165, 1.54) is 11.2 Å². The van der Waals surface area contributed by atoms with Crippen molar-refractivity contribution in [2.24, 2.45) is 0 Å². The molecule has 19 heavy (non-hydrogen) atoms. The molecule has 3 rings (SSSR count). The minimum absolute atomic E-state index is 0.227. The zero-order chi connectivity index (χ0) is 13.6. The van der Waals surface area contributed by atoms with Crippen molar-refractivity contribution in [1.29, 1.82) is 0 Å². The average molecular weight is 284 g/mol. The van der Waals surface area contributed by atoms with Crippen molar-refractivity contribution in [3.8, 4) is 0 Å². The molecule has 2 aromatic rings. The van der Waals surface area contributed by atoms with Gasteiger partial charge in [0.15, 0.2) is 0 Å². The van der Waals surface area contributed by atoms with E-state index in [1.54, 1.807) is 12.3 Å². The molecule has 1 fully saturated rings. The van der Waals surface area contributed by atoms with Crippen LogP contribution >= 0.6 is 0 Å². The first kappa shape index (κ1) is 12.0. The summed E-state index contributed by atoms with van der Waals surface area (Å²) in [6, 6.07) is 1.68. The highest BCUT2D eigenvalue weighted by Gasteiger charge is 2.40. The molecule has 0 aromatic carbocycles. The highest BCUT2D eigenvalue weighted by molar-refractivity contribution is 7.87. The zero-order valence-electron chi connectivity index (χ0n) is 9.58. The normalized spacial score (nSPS) is 20.4. The van der Waals surface area contributed by atoms with Crippen molar-refractivity contribution < 1.29 is 17.1 Å². The molecular weight excluding hydrogens is 275 g/mol. The number of aromatic nitrogens is 3. The van der Waals surface area contributed by atoms with E-state index in [1.807, 2.05) is 0 Å². The number of carbonyl (C=O) groups excluding carboxylic acids is 1. The van der Waals surface area contributed by atoms with Crippen LogP contribution < -0.4 is 4.90 Å². The Morgan fingerprint density at radius 1 is 1.42 bits per heavy atom. The molecule has 3 heterocycles. The van der Waals surface area contributed by atoms with Gasteiger partial charge in [0.2, 0.25) is 5.91 Å². The molecule has 100 valence electrons. The average Bonchev–Trinajstić information content (AvgIpc) is 2.93. The second-order valence-electron chi connectivity index (χ2n) is 4.24. The van der Waals surface area contributed by atoms with Crippen LogP contribution in [0.4, 0.5) is 9.70 Å². The summed E-state index contributed by atoms with van der Waals surface area (Å²) < 4.78 is 34.7. The molecule has 1 atom stereocenters. The summed E-state index contributed by atoms with van der Waals surface area (Å²) in [7, 11) is -4.73. The lowest BCUT2D eigenvalue weighted by atomic mass is 10.3. The molecule has 1 amide bonds. The molecule has 0 aliphatic carbocycles. The number of aromatic amines is 1. The van der Waals surface area contributed by atoms with Gasteiger partial charge in [-0.15, -0.1) is 3.89 Å². The van der Waals surface area contributed by atoms with Crippen LogP contribution in [-0.2, 0) is 15.0 Å². The SMILES string of the molecule is O=C1CC(S(=O)(=O)F)CN1c1ncnc2[nH]ccc12.